The fourth-order valence-corrected chi connectivity index (χ4v) is 4.49. The Balaban J connectivity index is 1.87. The molecule has 0 unspecified atom stereocenters. The number of rotatable bonds is 7. The van der Waals surface area contributed by atoms with Crippen LogP contribution in [0.5, 0.6) is 0 Å². The number of amides is 1. The van der Waals surface area contributed by atoms with Crippen LogP contribution >= 0.6 is 23.2 Å². The lowest BCUT2D eigenvalue weighted by molar-refractivity contribution is -0.116. The lowest BCUT2D eigenvalue weighted by Crippen LogP contribution is -2.37. The molecule has 0 spiro atoms. The van der Waals surface area contributed by atoms with Gasteiger partial charge in [0.25, 0.3) is 0 Å². The first kappa shape index (κ1) is 21.4. The maximum absolute atomic E-state index is 13.1. The van der Waals surface area contributed by atoms with Crippen LogP contribution in [-0.4, -0.2) is 25.2 Å². The van der Waals surface area contributed by atoms with Crippen molar-refractivity contribution in [1.29, 1.82) is 0 Å². The Morgan fingerprint density at radius 3 is 2.52 bits per heavy atom. The Morgan fingerprint density at radius 2 is 1.83 bits per heavy atom. The molecule has 6 nitrogen and oxygen atoms in total. The molecule has 1 amide bonds. The van der Waals surface area contributed by atoms with Gasteiger partial charge in [-0.3, -0.25) is 4.79 Å². The number of sulfonamides is 1. The second-order valence-corrected chi connectivity index (χ2v) is 9.13. The summed E-state index contributed by atoms with van der Waals surface area (Å²) in [6.07, 6.45) is 1.44. The third-order valence-corrected chi connectivity index (χ3v) is 6.40. The fourth-order valence-electron chi connectivity index (χ4n) is 2.66. The number of halogens is 2. The average Bonchev–Trinajstić information content (AvgIpc) is 3.17. The third-order valence-electron chi connectivity index (χ3n) is 4.14. The molecule has 0 aliphatic rings. The van der Waals surface area contributed by atoms with E-state index in [0.29, 0.717) is 16.5 Å². The van der Waals surface area contributed by atoms with Gasteiger partial charge in [-0.15, -0.1) is 0 Å². The smallest absolute Gasteiger partial charge is 0.244 e. The molecule has 0 saturated heterocycles. The minimum Gasteiger partial charge on any atom is -0.468 e. The van der Waals surface area contributed by atoms with E-state index in [1.165, 1.54) is 24.5 Å². The van der Waals surface area contributed by atoms with Crippen molar-refractivity contribution in [3.8, 4) is 0 Å². The molecule has 3 aromatic rings. The molecule has 0 atom stereocenters. The van der Waals surface area contributed by atoms with Gasteiger partial charge < -0.3 is 9.73 Å². The first-order valence-corrected chi connectivity index (χ1v) is 10.8. The summed E-state index contributed by atoms with van der Waals surface area (Å²) < 4.78 is 32.6. The highest BCUT2D eigenvalue weighted by atomic mass is 35.5. The minimum atomic E-state index is -4.00. The number of hydrogen-bond acceptors (Lipinski definition) is 4. The monoisotopic (exact) mass is 452 g/mol. The van der Waals surface area contributed by atoms with Crippen LogP contribution in [0, 0.1) is 6.92 Å². The zero-order valence-electron chi connectivity index (χ0n) is 15.4. The molecule has 29 heavy (non-hydrogen) atoms. The lowest BCUT2D eigenvalue weighted by atomic mass is 10.2. The van der Waals surface area contributed by atoms with Gasteiger partial charge in [-0.05, 0) is 55.0 Å². The second kappa shape index (κ2) is 9.00. The van der Waals surface area contributed by atoms with Gasteiger partial charge in [0.1, 0.15) is 5.76 Å². The number of nitrogens with one attached hydrogen (secondary N) is 1. The summed E-state index contributed by atoms with van der Waals surface area (Å²) in [6.45, 7) is 1.29. The van der Waals surface area contributed by atoms with Crippen molar-refractivity contribution in [2.75, 3.05) is 11.9 Å². The Hall–Kier alpha value is -2.32. The van der Waals surface area contributed by atoms with E-state index in [1.54, 1.807) is 36.4 Å². The topological polar surface area (TPSA) is 79.6 Å². The molecule has 9 heteroatoms. The van der Waals surface area contributed by atoms with Crippen LogP contribution in [0.25, 0.3) is 0 Å². The second-order valence-electron chi connectivity index (χ2n) is 6.32. The average molecular weight is 453 g/mol. The summed E-state index contributed by atoms with van der Waals surface area (Å²) in [6, 6.07) is 14.2. The van der Waals surface area contributed by atoms with Crippen LogP contribution in [0.15, 0.2) is 70.2 Å². The summed E-state index contributed by atoms with van der Waals surface area (Å²) in [5, 5.41) is 3.45. The lowest BCUT2D eigenvalue weighted by Gasteiger charge is -2.21. The highest BCUT2D eigenvalue weighted by Gasteiger charge is 2.28. The van der Waals surface area contributed by atoms with Crippen molar-refractivity contribution in [2.45, 2.75) is 18.4 Å². The molecule has 0 aliphatic carbocycles. The molecule has 0 aliphatic heterocycles. The summed E-state index contributed by atoms with van der Waals surface area (Å²) in [5.74, 6) is -0.102. The largest absolute Gasteiger partial charge is 0.468 e. The Labute approximate surface area is 179 Å². The van der Waals surface area contributed by atoms with Gasteiger partial charge in [0.15, 0.2) is 0 Å². The molecule has 1 heterocycles. The van der Waals surface area contributed by atoms with Crippen LogP contribution in [0.3, 0.4) is 0 Å². The standard InChI is InChI=1S/C20H18Cl2N2O4S/c1-14-7-8-16(22)11-19(14)23-20(25)13-24(12-17-5-3-9-28-17)29(26,27)18-6-2-4-15(21)10-18/h2-11H,12-13H2,1H3,(H,23,25). The van der Waals surface area contributed by atoms with Crippen LogP contribution in [0.4, 0.5) is 5.69 Å². The van der Waals surface area contributed by atoms with Gasteiger partial charge >= 0.3 is 0 Å². The van der Waals surface area contributed by atoms with E-state index in [2.05, 4.69) is 5.32 Å². The van der Waals surface area contributed by atoms with E-state index in [4.69, 9.17) is 27.6 Å². The van der Waals surface area contributed by atoms with E-state index in [-0.39, 0.29) is 16.5 Å². The van der Waals surface area contributed by atoms with Crippen molar-refractivity contribution in [3.63, 3.8) is 0 Å². The van der Waals surface area contributed by atoms with Gasteiger partial charge in [0.05, 0.1) is 24.2 Å². The van der Waals surface area contributed by atoms with Crippen molar-refractivity contribution < 1.29 is 17.6 Å². The van der Waals surface area contributed by atoms with Crippen LogP contribution in [0.1, 0.15) is 11.3 Å². The van der Waals surface area contributed by atoms with Crippen molar-refractivity contribution >= 4 is 44.8 Å². The highest BCUT2D eigenvalue weighted by molar-refractivity contribution is 7.89. The Bertz CT molecular complexity index is 1120. The first-order valence-electron chi connectivity index (χ1n) is 8.60. The van der Waals surface area contributed by atoms with E-state index >= 15 is 0 Å². The predicted octanol–water partition coefficient (Wildman–Crippen LogP) is 4.72. The molecule has 3 rings (SSSR count). The molecule has 1 N–H and O–H groups in total. The molecule has 152 valence electrons. The van der Waals surface area contributed by atoms with E-state index < -0.39 is 22.5 Å². The quantitative estimate of drug-likeness (QED) is 0.561. The zero-order chi connectivity index (χ0) is 21.0. The number of hydrogen-bond donors (Lipinski definition) is 1. The molecule has 0 fully saturated rings. The van der Waals surface area contributed by atoms with Crippen molar-refractivity contribution in [1.82, 2.24) is 4.31 Å². The number of benzene rings is 2. The molecule has 0 radical (unpaired) electrons. The maximum Gasteiger partial charge on any atom is 0.244 e. The normalized spacial score (nSPS) is 11.6. The zero-order valence-corrected chi connectivity index (χ0v) is 17.8. The first-order chi connectivity index (χ1) is 13.8. The summed E-state index contributed by atoms with van der Waals surface area (Å²) in [5.41, 5.74) is 1.32. The van der Waals surface area contributed by atoms with Gasteiger partial charge in [-0.25, -0.2) is 8.42 Å². The van der Waals surface area contributed by atoms with E-state index in [1.807, 2.05) is 6.92 Å². The molecule has 1 aromatic heterocycles. The number of furan rings is 1. The summed E-state index contributed by atoms with van der Waals surface area (Å²) >= 11 is 11.9. The molecule has 0 saturated carbocycles. The van der Waals surface area contributed by atoms with Crippen LogP contribution < -0.4 is 5.32 Å². The van der Waals surface area contributed by atoms with Gasteiger partial charge in [-0.2, -0.15) is 4.31 Å². The number of aryl methyl sites for hydroxylation is 1. The number of carbonyl (C=O) groups is 1. The highest BCUT2D eigenvalue weighted by Crippen LogP contribution is 2.23. The van der Waals surface area contributed by atoms with Crippen LogP contribution in [0.2, 0.25) is 10.0 Å². The van der Waals surface area contributed by atoms with E-state index in [0.717, 1.165) is 9.87 Å². The Morgan fingerprint density at radius 1 is 1.07 bits per heavy atom. The molecular formula is C20H18Cl2N2O4S. The number of nitrogens with zero attached hydrogens (tertiary/aromatic N) is 1. The third kappa shape index (κ3) is 5.39. The fraction of sp³-hybridized carbons (Fsp3) is 0.150. The number of anilines is 1. The van der Waals surface area contributed by atoms with Gasteiger partial charge in [-0.1, -0.05) is 35.3 Å². The van der Waals surface area contributed by atoms with E-state index in [9.17, 15) is 13.2 Å². The van der Waals surface area contributed by atoms with Gasteiger partial charge in [0.2, 0.25) is 15.9 Å². The Kier molecular flexibility index (Phi) is 6.64. The van der Waals surface area contributed by atoms with Crippen LogP contribution in [-0.2, 0) is 21.4 Å². The molecule has 2 aromatic carbocycles. The summed E-state index contributed by atoms with van der Waals surface area (Å²) in [7, 11) is -4.00. The SMILES string of the molecule is Cc1ccc(Cl)cc1NC(=O)CN(Cc1ccco1)S(=O)(=O)c1cccc(Cl)c1. The molecule has 0 bridgehead atoms. The predicted molar refractivity (Wildman–Crippen MR) is 113 cm³/mol. The minimum absolute atomic E-state index is 0.0108. The van der Waals surface area contributed by atoms with Crippen molar-refractivity contribution in [2.24, 2.45) is 0 Å². The maximum atomic E-state index is 13.1. The van der Waals surface area contributed by atoms with Gasteiger partial charge in [0, 0.05) is 15.7 Å². The summed E-state index contributed by atoms with van der Waals surface area (Å²) in [4.78, 5) is 12.6. The van der Waals surface area contributed by atoms with Crippen molar-refractivity contribution in [3.05, 3.63) is 82.2 Å². The molecular weight excluding hydrogens is 435 g/mol. The number of carbonyl (C=O) groups excluding carboxylic acids is 1.